The van der Waals surface area contributed by atoms with Crippen LogP contribution in [0.25, 0.3) is 22.3 Å². The zero-order valence-electron chi connectivity index (χ0n) is 24.1. The number of nitrogen functional groups attached to an aromatic ring is 1. The first-order valence-corrected chi connectivity index (χ1v) is 13.7. The van der Waals surface area contributed by atoms with Gasteiger partial charge in [-0.25, -0.2) is 19.0 Å². The van der Waals surface area contributed by atoms with Crippen molar-refractivity contribution >= 4 is 22.8 Å². The Hall–Kier alpha value is -4.82. The number of carbonyl (C=O) groups is 1. The molecule has 5 rings (SSSR count). The van der Waals surface area contributed by atoms with Crippen LogP contribution in [0.15, 0.2) is 66.5 Å². The summed E-state index contributed by atoms with van der Waals surface area (Å²) in [6, 6.07) is 15.5. The molecule has 0 bridgehead atoms. The summed E-state index contributed by atoms with van der Waals surface area (Å²) in [6.07, 6.45) is 4.55. The summed E-state index contributed by atoms with van der Waals surface area (Å²) in [5.74, 6) is 0.246. The molecule has 2 aromatic carbocycles. The summed E-state index contributed by atoms with van der Waals surface area (Å²) in [6.45, 7) is 4.71. The van der Waals surface area contributed by atoms with Crippen molar-refractivity contribution in [1.29, 1.82) is 5.26 Å². The van der Waals surface area contributed by atoms with Crippen molar-refractivity contribution in [1.82, 2.24) is 29.5 Å². The third-order valence-electron chi connectivity index (χ3n) is 7.76. The van der Waals surface area contributed by atoms with Crippen molar-refractivity contribution in [3.63, 3.8) is 0 Å². The molecule has 216 valence electrons. The van der Waals surface area contributed by atoms with Gasteiger partial charge in [0, 0.05) is 23.7 Å². The average molecular weight is 569 g/mol. The molecule has 0 radical (unpaired) electrons. The number of nitrogens with two attached hydrogens (primary N) is 1. The summed E-state index contributed by atoms with van der Waals surface area (Å²) < 4.78 is 22.9. The second-order valence-corrected chi connectivity index (χ2v) is 11.1. The summed E-state index contributed by atoms with van der Waals surface area (Å²) in [5.41, 5.74) is 6.82. The second-order valence-electron chi connectivity index (χ2n) is 11.1. The van der Waals surface area contributed by atoms with E-state index in [-0.39, 0.29) is 28.9 Å². The van der Waals surface area contributed by atoms with Gasteiger partial charge in [0.1, 0.15) is 46.8 Å². The summed E-state index contributed by atoms with van der Waals surface area (Å²) in [4.78, 5) is 25.7. The number of nitriles is 1. The van der Waals surface area contributed by atoms with Gasteiger partial charge in [0.05, 0.1) is 18.0 Å². The fourth-order valence-corrected chi connectivity index (χ4v) is 4.99. The van der Waals surface area contributed by atoms with E-state index < -0.39 is 11.4 Å². The van der Waals surface area contributed by atoms with Gasteiger partial charge in [0.2, 0.25) is 0 Å². The van der Waals surface area contributed by atoms with Crippen LogP contribution in [-0.4, -0.2) is 67.7 Å². The zero-order chi connectivity index (χ0) is 30.0. The molecule has 0 saturated carbocycles. The predicted molar refractivity (Wildman–Crippen MR) is 158 cm³/mol. The largest absolute Gasteiger partial charge is 0.457 e. The van der Waals surface area contributed by atoms with Crippen LogP contribution in [0.3, 0.4) is 0 Å². The van der Waals surface area contributed by atoms with Crippen molar-refractivity contribution in [2.45, 2.75) is 44.8 Å². The normalized spacial score (nSPS) is 15.8. The molecular formula is C31H33FN8O2. The fourth-order valence-electron chi connectivity index (χ4n) is 4.99. The monoisotopic (exact) mass is 568 g/mol. The Labute approximate surface area is 243 Å². The maximum Gasteiger partial charge on any atom is 0.264 e. The quantitative estimate of drug-likeness (QED) is 0.238. The number of fused-ring (bicyclic) bond motifs is 1. The van der Waals surface area contributed by atoms with Gasteiger partial charge in [-0.15, -0.1) is 0 Å². The van der Waals surface area contributed by atoms with Crippen molar-refractivity contribution < 1.29 is 13.9 Å². The van der Waals surface area contributed by atoms with E-state index in [9.17, 15) is 10.1 Å². The van der Waals surface area contributed by atoms with Gasteiger partial charge in [0.15, 0.2) is 5.65 Å². The number of para-hydroxylation sites is 1. The molecule has 1 amide bonds. The lowest BCUT2D eigenvalue weighted by Gasteiger charge is -2.30. The number of aromatic nitrogens is 4. The molecular weight excluding hydrogens is 535 g/mol. The number of anilines is 1. The highest BCUT2D eigenvalue weighted by Gasteiger charge is 2.33. The van der Waals surface area contributed by atoms with Crippen LogP contribution in [0.1, 0.15) is 26.7 Å². The molecule has 1 aliphatic heterocycles. The minimum atomic E-state index is -0.539. The van der Waals surface area contributed by atoms with Crippen LogP contribution in [0.5, 0.6) is 11.5 Å². The molecule has 1 saturated heterocycles. The number of carbonyl (C=O) groups excluding carboxylic acids is 1. The molecule has 42 heavy (non-hydrogen) atoms. The number of halogens is 1. The Kier molecular flexibility index (Phi) is 7.91. The third-order valence-corrected chi connectivity index (χ3v) is 7.76. The van der Waals surface area contributed by atoms with E-state index in [0.29, 0.717) is 41.3 Å². The van der Waals surface area contributed by atoms with Crippen LogP contribution in [-0.2, 0) is 11.3 Å². The molecule has 10 nitrogen and oxygen atoms in total. The number of hydrogen-bond donors (Lipinski definition) is 1. The van der Waals surface area contributed by atoms with E-state index in [1.54, 1.807) is 39.9 Å². The lowest BCUT2D eigenvalue weighted by atomic mass is 9.99. The molecule has 0 aliphatic carbocycles. The standard InChI is InChI=1S/C31H33FN8O2/c1-31(2,38(3)4)16-20(17-33)30(41)39-14-8-9-21(39)18-40-29-26(28(34)35-19-36-29)27(37-40)24-13-12-23(15-25(24)32)42-22-10-6-5-7-11-22/h5-7,10-13,15-16,19,21H,8-9,14,18H2,1-4H3,(H2,34,35,36)/b20-16-/t21-/m1/s1. The molecule has 3 heterocycles. The van der Waals surface area contributed by atoms with Gasteiger partial charge >= 0.3 is 0 Å². The van der Waals surface area contributed by atoms with E-state index in [1.165, 1.54) is 12.4 Å². The van der Waals surface area contributed by atoms with Crippen molar-refractivity contribution in [2.24, 2.45) is 0 Å². The molecule has 2 aromatic heterocycles. The van der Waals surface area contributed by atoms with Crippen LogP contribution in [0.4, 0.5) is 10.2 Å². The summed E-state index contributed by atoms with van der Waals surface area (Å²) in [7, 11) is 3.80. The van der Waals surface area contributed by atoms with E-state index in [0.717, 1.165) is 12.8 Å². The van der Waals surface area contributed by atoms with Gasteiger partial charge in [-0.2, -0.15) is 10.4 Å². The Morgan fingerprint density at radius 2 is 1.98 bits per heavy atom. The number of nitrogens with zero attached hydrogens (tertiary/aromatic N) is 7. The number of benzene rings is 2. The Bertz CT molecular complexity index is 1690. The molecule has 11 heteroatoms. The van der Waals surface area contributed by atoms with Gasteiger partial charge in [0.25, 0.3) is 5.91 Å². The predicted octanol–water partition coefficient (Wildman–Crippen LogP) is 4.79. The number of likely N-dealkylation sites (tertiary alicyclic amines) is 1. The topological polar surface area (TPSA) is 126 Å². The van der Waals surface area contributed by atoms with Crippen LogP contribution >= 0.6 is 0 Å². The van der Waals surface area contributed by atoms with Crippen LogP contribution in [0.2, 0.25) is 0 Å². The minimum Gasteiger partial charge on any atom is -0.457 e. The maximum absolute atomic E-state index is 15.5. The first-order chi connectivity index (χ1) is 20.1. The number of likely N-dealkylation sites (N-methyl/N-ethyl adjacent to an activating group) is 1. The minimum absolute atomic E-state index is 0.0954. The van der Waals surface area contributed by atoms with Gasteiger partial charge in [-0.1, -0.05) is 18.2 Å². The fraction of sp³-hybridized carbons (Fsp3) is 0.323. The highest BCUT2D eigenvalue weighted by molar-refractivity contribution is 5.99. The van der Waals surface area contributed by atoms with Crippen molar-refractivity contribution in [3.05, 3.63) is 72.3 Å². The molecule has 4 aromatic rings. The van der Waals surface area contributed by atoms with E-state index in [4.69, 9.17) is 15.6 Å². The first-order valence-electron chi connectivity index (χ1n) is 13.7. The molecule has 0 spiro atoms. The number of hydrogen-bond acceptors (Lipinski definition) is 8. The second kappa shape index (κ2) is 11.6. The van der Waals surface area contributed by atoms with Crippen molar-refractivity contribution in [2.75, 3.05) is 26.4 Å². The average Bonchev–Trinajstić information content (AvgIpc) is 3.58. The smallest absolute Gasteiger partial charge is 0.264 e. The van der Waals surface area contributed by atoms with Gasteiger partial charge < -0.3 is 20.3 Å². The molecule has 1 atom stereocenters. The van der Waals surface area contributed by atoms with Crippen LogP contribution in [0, 0.1) is 17.1 Å². The lowest BCUT2D eigenvalue weighted by Crippen LogP contribution is -2.41. The molecule has 1 fully saturated rings. The highest BCUT2D eigenvalue weighted by Crippen LogP contribution is 2.35. The highest BCUT2D eigenvalue weighted by atomic mass is 19.1. The third kappa shape index (κ3) is 5.66. The first kappa shape index (κ1) is 28.7. The van der Waals surface area contributed by atoms with Gasteiger partial charge in [-0.05, 0) is 71.1 Å². The number of rotatable bonds is 8. The Morgan fingerprint density at radius 3 is 2.67 bits per heavy atom. The SMILES string of the molecule is CN(C)C(C)(C)/C=C(/C#N)C(=O)N1CCC[C@@H]1Cn1nc(-c2ccc(Oc3ccccc3)cc2F)c2c(N)ncnc21. The molecule has 0 unspecified atom stereocenters. The van der Waals surface area contributed by atoms with E-state index in [2.05, 4.69) is 16.0 Å². The Morgan fingerprint density at radius 1 is 1.21 bits per heavy atom. The van der Waals surface area contributed by atoms with Crippen molar-refractivity contribution in [3.8, 4) is 28.8 Å². The van der Waals surface area contributed by atoms with Crippen LogP contribution < -0.4 is 10.5 Å². The zero-order valence-corrected chi connectivity index (χ0v) is 24.1. The van der Waals surface area contributed by atoms with E-state index in [1.807, 2.05) is 51.0 Å². The lowest BCUT2D eigenvalue weighted by molar-refractivity contribution is -0.127. The summed E-state index contributed by atoms with van der Waals surface area (Å²) >= 11 is 0. The maximum atomic E-state index is 15.5. The molecule has 1 aliphatic rings. The molecule has 2 N–H and O–H groups in total. The van der Waals surface area contributed by atoms with E-state index >= 15 is 4.39 Å². The van der Waals surface area contributed by atoms with Gasteiger partial charge in [-0.3, -0.25) is 4.79 Å². The number of amides is 1. The summed E-state index contributed by atoms with van der Waals surface area (Å²) in [5, 5.41) is 15.0. The number of ether oxygens (including phenoxy) is 1. The Balaban J connectivity index is 1.46.